The Bertz CT molecular complexity index is 4130. The zero-order valence-electron chi connectivity index (χ0n) is 67.1. The summed E-state index contributed by atoms with van der Waals surface area (Å²) < 4.78 is 15.4. The van der Waals surface area contributed by atoms with Gasteiger partial charge in [-0.05, 0) is 244 Å². The highest BCUT2D eigenvalue weighted by Crippen LogP contribution is 2.41. The van der Waals surface area contributed by atoms with Crippen LogP contribution in [-0.4, -0.2) is 153 Å². The summed E-state index contributed by atoms with van der Waals surface area (Å²) >= 11 is 8.26. The third-order valence-electron chi connectivity index (χ3n) is 18.7. The van der Waals surface area contributed by atoms with Crippen molar-refractivity contribution in [2.45, 2.75) is 224 Å². The monoisotopic (exact) mass is 1620 g/mol. The molecule has 2 N–H and O–H groups in total. The molecule has 588 valence electrons. The van der Waals surface area contributed by atoms with E-state index in [1.165, 1.54) is 60.2 Å². The molecule has 0 unspecified atom stereocenters. The van der Waals surface area contributed by atoms with Crippen LogP contribution < -0.4 is 15.1 Å². The molecule has 19 nitrogen and oxygen atoms in total. The summed E-state index contributed by atoms with van der Waals surface area (Å²) in [5.41, 5.74) is 0.815. The van der Waals surface area contributed by atoms with Crippen LogP contribution in [0.1, 0.15) is 264 Å². The first-order valence-electron chi connectivity index (χ1n) is 37.5. The minimum atomic E-state index is -1.09. The average molecular weight is 1620 g/mol. The molecule has 0 radical (unpaired) electrons. The predicted octanol–water partition coefficient (Wildman–Crippen LogP) is 17.2. The first-order chi connectivity index (χ1) is 50.5. The molecule has 3 aliphatic heterocycles. The summed E-state index contributed by atoms with van der Waals surface area (Å²) in [6, 6.07) is 5.56. The number of likely N-dealkylation sites (tertiary alicyclic amines) is 3. The van der Waals surface area contributed by atoms with Crippen LogP contribution in [0.4, 0.5) is 17.1 Å². The molecule has 108 heavy (non-hydrogen) atoms. The molecule has 2 saturated carbocycles. The highest BCUT2D eigenvalue weighted by molar-refractivity contribution is 9.10. The summed E-state index contributed by atoms with van der Waals surface area (Å²) in [5.74, 6) is 23.3. The van der Waals surface area contributed by atoms with Gasteiger partial charge in [-0.2, -0.15) is 0 Å². The summed E-state index contributed by atoms with van der Waals surface area (Å²) in [5, 5.41) is 13.2. The number of aromatic carboxylic acids is 1. The molecule has 4 aromatic rings. The van der Waals surface area contributed by atoms with Gasteiger partial charge in [0.1, 0.15) is 37.6 Å². The van der Waals surface area contributed by atoms with E-state index in [-0.39, 0.29) is 79.9 Å². The Hall–Kier alpha value is -7.45. The summed E-state index contributed by atoms with van der Waals surface area (Å²) in [7, 11) is 9.44. The smallest absolute Gasteiger partial charge is 0.350 e. The van der Waals surface area contributed by atoms with E-state index in [0.29, 0.717) is 79.2 Å². The number of esters is 3. The van der Waals surface area contributed by atoms with Gasteiger partial charge in [-0.3, -0.25) is 33.8 Å². The highest BCUT2D eigenvalue weighted by atomic mass is 79.9. The number of ether oxygens (including phenoxy) is 3. The van der Waals surface area contributed by atoms with E-state index < -0.39 is 30.0 Å². The van der Waals surface area contributed by atoms with E-state index in [0.717, 1.165) is 128 Å². The largest absolute Gasteiger partial charge is 0.477 e. The number of halogens is 1. The maximum absolute atomic E-state index is 14.0. The number of hydrogen-bond donors (Lipinski definition) is 2. The second-order valence-electron chi connectivity index (χ2n) is 32.9. The zero-order valence-corrected chi connectivity index (χ0v) is 71.9. The van der Waals surface area contributed by atoms with Crippen LogP contribution >= 0.6 is 61.3 Å². The Labute approximate surface area is 666 Å². The van der Waals surface area contributed by atoms with Gasteiger partial charge in [-0.15, -0.1) is 45.3 Å². The van der Waals surface area contributed by atoms with E-state index in [1.54, 1.807) is 45.8 Å². The number of amides is 5. The van der Waals surface area contributed by atoms with Crippen molar-refractivity contribution in [3.05, 3.63) is 67.8 Å². The predicted molar refractivity (Wildman–Crippen MR) is 438 cm³/mol. The molecule has 3 saturated heterocycles. The van der Waals surface area contributed by atoms with Crippen molar-refractivity contribution in [1.29, 1.82) is 0 Å². The van der Waals surface area contributed by atoms with Crippen molar-refractivity contribution >= 4 is 132 Å². The molecule has 2 aliphatic carbocycles. The Kier molecular flexibility index (Phi) is 33.1. The number of carbonyl (C=O) groups excluding carboxylic acids is 8. The summed E-state index contributed by atoms with van der Waals surface area (Å²) in [6.45, 7) is 30.8. The van der Waals surface area contributed by atoms with Crippen LogP contribution in [0.5, 0.6) is 0 Å². The van der Waals surface area contributed by atoms with Gasteiger partial charge >= 0.3 is 23.9 Å². The fourth-order valence-corrected chi connectivity index (χ4v) is 17.0. The van der Waals surface area contributed by atoms with Gasteiger partial charge in [-0.25, -0.2) is 19.2 Å². The molecule has 24 heteroatoms. The molecule has 5 aliphatic rings. The number of carboxylic acid groups (broad SMARTS) is 1. The molecule has 0 bridgehead atoms. The van der Waals surface area contributed by atoms with Crippen molar-refractivity contribution < 1.29 is 62.5 Å². The highest BCUT2D eigenvalue weighted by Gasteiger charge is 2.43. The number of hydrogen-bond acceptors (Lipinski definition) is 17. The van der Waals surface area contributed by atoms with Crippen LogP contribution in [0.3, 0.4) is 0 Å². The number of nitrogens with zero attached hydrogens (tertiary/aromatic N) is 5. The van der Waals surface area contributed by atoms with Gasteiger partial charge < -0.3 is 39.3 Å². The fourth-order valence-electron chi connectivity index (χ4n) is 12.7. The van der Waals surface area contributed by atoms with Gasteiger partial charge in [0.25, 0.3) is 0 Å². The molecular weight excluding hydrogens is 1510 g/mol. The second kappa shape index (κ2) is 40.0. The first-order valence-corrected chi connectivity index (χ1v) is 41.6. The molecule has 7 heterocycles. The maximum Gasteiger partial charge on any atom is 0.350 e. The van der Waals surface area contributed by atoms with E-state index in [2.05, 4.69) is 87.2 Å². The minimum absolute atomic E-state index is 0.0398. The Morgan fingerprint density at radius 2 is 0.778 bits per heavy atom. The number of methoxy groups -OCH3 is 3. The maximum atomic E-state index is 14.0. The normalized spacial score (nSPS) is 20.5. The molecular formula is C84H113BrN6O13S4. The summed E-state index contributed by atoms with van der Waals surface area (Å²) in [4.78, 5) is 128. The molecule has 0 spiro atoms. The number of thiophene rings is 4. The lowest BCUT2D eigenvalue weighted by atomic mass is 9.82. The van der Waals surface area contributed by atoms with Crippen LogP contribution in [0.2, 0.25) is 0 Å². The van der Waals surface area contributed by atoms with Crippen molar-refractivity contribution in [3.8, 4) is 47.4 Å². The van der Waals surface area contributed by atoms with E-state index in [4.69, 9.17) is 9.47 Å². The number of anilines is 3. The van der Waals surface area contributed by atoms with E-state index in [9.17, 15) is 48.3 Å². The standard InChI is InChI=1S/C27H38N2O4S.C26H36N2O4S.C19H26N2O3S.C12H13BrO2S/c1-18-10-12-19(13-11-18)24(30)29(21-9-7-8-16-28(5)25(21)31)22-17-20(14-15-27(2,3)4)34-23(22)26(32)33-6;1-17-9-11-18(12-10-17)23(29)28(20-8-6-7-15-27(5)24(20)30)21-16-19(13-14-26(2,3)4)33-22(21)25(31)32;1-19(2,3)10-9-13-12-15(16(25-13)18(23)24-5)20-14-8-6-7-11-21(4)17(14)22;1-12(2,3)6-5-8-7-9(13)10(16-8)11(14)15-4/h17-19,21H,7-13,16H2,1-6H3;16-18,20H,6-12,15H2,1-5H3,(H,31,32);12,14,20H,6-8,11H2,1-5H3;7H,1-4H3/t18?,19?,21-;17?,18?,20-;14-;/m000./s1. The van der Waals surface area contributed by atoms with Gasteiger partial charge in [0.2, 0.25) is 29.5 Å². The number of likely N-dealkylation sites (N-methyl/N-ethyl adjacent to an activating group) is 3. The van der Waals surface area contributed by atoms with Gasteiger partial charge in [0, 0.05) is 78.7 Å². The number of nitrogens with one attached hydrogen (secondary N) is 1. The molecule has 9 rings (SSSR count). The third-order valence-corrected chi connectivity index (χ3v) is 23.7. The van der Waals surface area contributed by atoms with Crippen LogP contribution in [-0.2, 0) is 38.2 Å². The molecule has 4 aromatic heterocycles. The van der Waals surface area contributed by atoms with E-state index in [1.807, 2.05) is 102 Å². The molecule has 5 amide bonds. The number of carboxylic acids is 1. The number of rotatable bonds is 12. The molecule has 5 fully saturated rings. The van der Waals surface area contributed by atoms with Crippen LogP contribution in [0, 0.1) is 92.7 Å². The van der Waals surface area contributed by atoms with Crippen molar-refractivity contribution in [2.24, 2.45) is 45.3 Å². The lowest BCUT2D eigenvalue weighted by Crippen LogP contribution is -2.52. The van der Waals surface area contributed by atoms with Crippen molar-refractivity contribution in [3.63, 3.8) is 0 Å². The Morgan fingerprint density at radius 1 is 0.454 bits per heavy atom. The topological polar surface area (TPSA) is 230 Å². The third kappa shape index (κ3) is 26.7. The molecule has 0 aromatic carbocycles. The molecule has 3 atom stereocenters. The van der Waals surface area contributed by atoms with E-state index >= 15 is 0 Å². The van der Waals surface area contributed by atoms with Gasteiger partial charge in [0.15, 0.2) is 0 Å². The summed E-state index contributed by atoms with van der Waals surface area (Å²) in [6.07, 6.45) is 14.4. The zero-order chi connectivity index (χ0) is 80.3. The van der Waals surface area contributed by atoms with Crippen LogP contribution in [0.15, 0.2) is 28.7 Å². The second-order valence-corrected chi connectivity index (χ2v) is 38.0. The quantitative estimate of drug-likeness (QED) is 0.0764. The Balaban J connectivity index is 0.000000233. The average Bonchev–Trinajstić information content (AvgIpc) is 1.58. The van der Waals surface area contributed by atoms with Gasteiger partial charge in [-0.1, -0.05) is 61.2 Å². The van der Waals surface area contributed by atoms with Crippen LogP contribution in [0.25, 0.3) is 0 Å². The number of carbonyl (C=O) groups is 9. The first kappa shape index (κ1) is 89.4. The Morgan fingerprint density at radius 3 is 1.17 bits per heavy atom. The lowest BCUT2D eigenvalue weighted by molar-refractivity contribution is -0.134. The van der Waals surface area contributed by atoms with Gasteiger partial charge in [0.05, 0.1) is 57.9 Å². The van der Waals surface area contributed by atoms with Crippen molar-refractivity contribution in [1.82, 2.24) is 14.7 Å². The van der Waals surface area contributed by atoms with Crippen molar-refractivity contribution in [2.75, 3.05) is 77.2 Å². The minimum Gasteiger partial charge on any atom is -0.477 e. The lowest BCUT2D eigenvalue weighted by Gasteiger charge is -2.36. The SMILES string of the molecule is CC1CCC(C(=O)N(c2cc(C#CC(C)(C)C)sc2C(=O)O)[C@H]2CCCCN(C)C2=O)CC1.COC(=O)c1sc(C#CC(C)(C)C)cc1Br.COC(=O)c1sc(C#CC(C)(C)C)cc1N(C(=O)C1CCC(C)CC1)[C@H]1CCCCN(C)C1=O.COC(=O)c1sc(C#CC(C)(C)C)cc1N[C@H]1CCCCN(C)C1=O. The fraction of sp³-hybridized carbons (Fsp3) is 0.607.